The average molecular weight is 252 g/mol. The van der Waals surface area contributed by atoms with E-state index in [1.54, 1.807) is 11.3 Å². The van der Waals surface area contributed by atoms with Crippen LogP contribution in [0.1, 0.15) is 24.1 Å². The Hall–Kier alpha value is -0.830. The molecule has 0 bridgehead atoms. The number of nitrogens with two attached hydrogens (primary N) is 1. The number of hydrogen-bond acceptors (Lipinski definition) is 2. The topological polar surface area (TPSA) is 26.0 Å². The Morgan fingerprint density at radius 2 is 2.12 bits per heavy atom. The van der Waals surface area contributed by atoms with Crippen LogP contribution in [-0.2, 0) is 0 Å². The lowest BCUT2D eigenvalue weighted by Crippen LogP contribution is -2.02. The van der Waals surface area contributed by atoms with Crippen molar-refractivity contribution in [3.63, 3.8) is 0 Å². The van der Waals surface area contributed by atoms with Crippen molar-refractivity contribution in [3.05, 3.63) is 45.8 Å². The van der Waals surface area contributed by atoms with Gasteiger partial charge in [0.25, 0.3) is 0 Å². The van der Waals surface area contributed by atoms with Gasteiger partial charge in [0.15, 0.2) is 0 Å². The molecule has 2 rings (SSSR count). The summed E-state index contributed by atoms with van der Waals surface area (Å²) in [6, 6.07) is 8.23. The first-order chi connectivity index (χ1) is 7.59. The van der Waals surface area contributed by atoms with Crippen molar-refractivity contribution in [1.29, 1.82) is 0 Å². The summed E-state index contributed by atoms with van der Waals surface area (Å²) in [5, 5.41) is 2.92. The van der Waals surface area contributed by atoms with Gasteiger partial charge in [-0.25, -0.2) is 0 Å². The normalized spacial score (nSPS) is 12.8. The predicted molar refractivity (Wildman–Crippen MR) is 72.1 cm³/mol. The zero-order valence-electron chi connectivity index (χ0n) is 9.33. The minimum absolute atomic E-state index is 0.0875. The van der Waals surface area contributed by atoms with E-state index in [1.807, 2.05) is 26.0 Å². The van der Waals surface area contributed by atoms with Crippen LogP contribution < -0.4 is 5.73 Å². The van der Waals surface area contributed by atoms with Crippen molar-refractivity contribution in [2.75, 3.05) is 0 Å². The summed E-state index contributed by atoms with van der Waals surface area (Å²) < 4.78 is 0. The van der Waals surface area contributed by atoms with Gasteiger partial charge in [-0.2, -0.15) is 0 Å². The molecular formula is C13H14ClNS. The molecule has 0 saturated carbocycles. The highest BCUT2D eigenvalue weighted by Crippen LogP contribution is 2.33. The molecule has 0 radical (unpaired) electrons. The first kappa shape index (κ1) is 11.6. The minimum Gasteiger partial charge on any atom is -0.324 e. The number of hydrogen-bond donors (Lipinski definition) is 1. The fourth-order valence-corrected chi connectivity index (χ4v) is 2.88. The molecule has 0 fully saturated rings. The Bertz CT molecular complexity index is 502. The van der Waals surface area contributed by atoms with E-state index in [4.69, 9.17) is 17.3 Å². The second-order valence-corrected chi connectivity index (χ2v) is 5.26. The van der Waals surface area contributed by atoms with Crippen molar-refractivity contribution in [2.45, 2.75) is 19.9 Å². The van der Waals surface area contributed by atoms with E-state index >= 15 is 0 Å². The summed E-state index contributed by atoms with van der Waals surface area (Å²) in [5.41, 5.74) is 9.36. The fourth-order valence-electron chi connectivity index (χ4n) is 1.61. The molecule has 84 valence electrons. The van der Waals surface area contributed by atoms with Gasteiger partial charge in [0.1, 0.15) is 0 Å². The third-order valence-electron chi connectivity index (χ3n) is 2.68. The summed E-state index contributed by atoms with van der Waals surface area (Å²) >= 11 is 7.83. The van der Waals surface area contributed by atoms with Gasteiger partial charge in [-0.15, -0.1) is 11.3 Å². The summed E-state index contributed by atoms with van der Waals surface area (Å²) in [6.45, 7) is 4.04. The smallest absolute Gasteiger partial charge is 0.0441 e. The van der Waals surface area contributed by atoms with Crippen LogP contribution in [0.2, 0.25) is 5.02 Å². The lowest BCUT2D eigenvalue weighted by Gasteiger charge is -2.04. The summed E-state index contributed by atoms with van der Waals surface area (Å²) in [7, 11) is 0. The zero-order chi connectivity index (χ0) is 11.7. The Kier molecular flexibility index (Phi) is 3.33. The van der Waals surface area contributed by atoms with E-state index in [-0.39, 0.29) is 6.04 Å². The van der Waals surface area contributed by atoms with Crippen LogP contribution in [0.3, 0.4) is 0 Å². The van der Waals surface area contributed by atoms with Crippen LogP contribution in [0, 0.1) is 6.92 Å². The number of benzene rings is 1. The Morgan fingerprint density at radius 3 is 2.75 bits per heavy atom. The van der Waals surface area contributed by atoms with Crippen LogP contribution in [0.4, 0.5) is 0 Å². The molecule has 1 nitrogen and oxygen atoms in total. The van der Waals surface area contributed by atoms with Crippen molar-refractivity contribution in [2.24, 2.45) is 5.73 Å². The summed E-state index contributed by atoms with van der Waals surface area (Å²) in [4.78, 5) is 1.23. The van der Waals surface area contributed by atoms with Gasteiger partial charge in [0, 0.05) is 15.9 Å². The molecule has 2 aromatic rings. The van der Waals surface area contributed by atoms with E-state index in [9.17, 15) is 0 Å². The fraction of sp³-hybridized carbons (Fsp3) is 0.231. The molecule has 16 heavy (non-hydrogen) atoms. The van der Waals surface area contributed by atoms with Crippen LogP contribution in [-0.4, -0.2) is 0 Å². The van der Waals surface area contributed by atoms with Gasteiger partial charge in [0.2, 0.25) is 0 Å². The molecule has 0 saturated heterocycles. The monoisotopic (exact) mass is 251 g/mol. The Labute approximate surface area is 105 Å². The molecule has 1 atom stereocenters. The molecule has 1 unspecified atom stereocenters. The highest BCUT2D eigenvalue weighted by molar-refractivity contribution is 7.13. The third kappa shape index (κ3) is 2.14. The SMILES string of the molecule is Cc1c(Cl)cccc1-c1cc(C(C)N)cs1. The summed E-state index contributed by atoms with van der Waals surface area (Å²) in [5.74, 6) is 0. The van der Waals surface area contributed by atoms with Gasteiger partial charge >= 0.3 is 0 Å². The molecule has 0 spiro atoms. The lowest BCUT2D eigenvalue weighted by molar-refractivity contribution is 0.823. The average Bonchev–Trinajstić information content (AvgIpc) is 2.71. The quantitative estimate of drug-likeness (QED) is 0.841. The molecule has 2 N–H and O–H groups in total. The van der Waals surface area contributed by atoms with E-state index in [1.165, 1.54) is 16.0 Å². The summed E-state index contributed by atoms with van der Waals surface area (Å²) in [6.07, 6.45) is 0. The molecule has 0 aliphatic heterocycles. The third-order valence-corrected chi connectivity index (χ3v) is 4.07. The molecule has 1 aromatic carbocycles. The zero-order valence-corrected chi connectivity index (χ0v) is 10.9. The molecule has 0 aliphatic rings. The van der Waals surface area contributed by atoms with Gasteiger partial charge in [-0.1, -0.05) is 23.7 Å². The molecule has 3 heteroatoms. The van der Waals surface area contributed by atoms with Crippen molar-refractivity contribution in [3.8, 4) is 10.4 Å². The molecule has 1 heterocycles. The maximum Gasteiger partial charge on any atom is 0.0441 e. The first-order valence-electron chi connectivity index (χ1n) is 5.19. The highest BCUT2D eigenvalue weighted by atomic mass is 35.5. The maximum absolute atomic E-state index is 6.11. The molecule has 0 amide bonds. The van der Waals surface area contributed by atoms with Crippen molar-refractivity contribution >= 4 is 22.9 Å². The van der Waals surface area contributed by atoms with E-state index in [2.05, 4.69) is 17.5 Å². The number of halogens is 1. The standard InChI is InChI=1S/C13H14ClNS/c1-8-11(4-3-5-12(8)14)13-6-10(7-16-13)9(2)15/h3-7,9H,15H2,1-2H3. The Morgan fingerprint density at radius 1 is 1.38 bits per heavy atom. The van der Waals surface area contributed by atoms with Crippen LogP contribution >= 0.6 is 22.9 Å². The first-order valence-corrected chi connectivity index (χ1v) is 6.45. The highest BCUT2D eigenvalue weighted by Gasteiger charge is 2.09. The molecule has 0 aliphatic carbocycles. The van der Waals surface area contributed by atoms with E-state index in [0.29, 0.717) is 0 Å². The van der Waals surface area contributed by atoms with E-state index < -0.39 is 0 Å². The van der Waals surface area contributed by atoms with Crippen molar-refractivity contribution < 1.29 is 0 Å². The van der Waals surface area contributed by atoms with Gasteiger partial charge in [-0.3, -0.25) is 0 Å². The van der Waals surface area contributed by atoms with Crippen LogP contribution in [0.25, 0.3) is 10.4 Å². The minimum atomic E-state index is 0.0875. The van der Waals surface area contributed by atoms with Gasteiger partial charge in [-0.05, 0) is 48.1 Å². The van der Waals surface area contributed by atoms with E-state index in [0.717, 1.165) is 10.6 Å². The predicted octanol–water partition coefficient (Wildman–Crippen LogP) is 4.40. The molecule has 1 aromatic heterocycles. The van der Waals surface area contributed by atoms with Crippen LogP contribution in [0.15, 0.2) is 29.6 Å². The van der Waals surface area contributed by atoms with Crippen LogP contribution in [0.5, 0.6) is 0 Å². The number of thiophene rings is 1. The second kappa shape index (κ2) is 4.58. The van der Waals surface area contributed by atoms with Gasteiger partial charge < -0.3 is 5.73 Å². The maximum atomic E-state index is 6.11. The second-order valence-electron chi connectivity index (χ2n) is 3.95. The van der Waals surface area contributed by atoms with Crippen molar-refractivity contribution in [1.82, 2.24) is 0 Å². The Balaban J connectivity index is 2.47. The number of rotatable bonds is 2. The largest absolute Gasteiger partial charge is 0.324 e. The van der Waals surface area contributed by atoms with Gasteiger partial charge in [0.05, 0.1) is 0 Å². The lowest BCUT2D eigenvalue weighted by atomic mass is 10.1. The molecular weight excluding hydrogens is 238 g/mol.